The molecule has 0 aromatic heterocycles. The molecular weight excluding hydrogens is 196 g/mol. The van der Waals surface area contributed by atoms with Crippen LogP contribution in [0.1, 0.15) is 12.0 Å². The number of rotatable bonds is 2. The van der Waals surface area contributed by atoms with Gasteiger partial charge >= 0.3 is 0 Å². The lowest BCUT2D eigenvalue weighted by Crippen LogP contribution is -2.26. The van der Waals surface area contributed by atoms with Crippen molar-refractivity contribution in [2.24, 2.45) is 4.99 Å². The summed E-state index contributed by atoms with van der Waals surface area (Å²) < 4.78 is 0. The molecule has 2 nitrogen and oxygen atoms in total. The molecule has 14 heavy (non-hydrogen) atoms. The Morgan fingerprint density at radius 2 is 2.21 bits per heavy atom. The van der Waals surface area contributed by atoms with E-state index in [1.807, 2.05) is 24.5 Å². The highest BCUT2D eigenvalue weighted by Gasteiger charge is 2.06. The highest BCUT2D eigenvalue weighted by molar-refractivity contribution is 6.31. The average Bonchev–Trinajstić information content (AvgIpc) is 2.23. The number of nitrogens with zero attached hydrogens (tertiary/aromatic N) is 2. The zero-order valence-corrected chi connectivity index (χ0v) is 8.74. The largest absolute Gasteiger partial charge is 0.359 e. The van der Waals surface area contributed by atoms with Crippen LogP contribution in [-0.4, -0.2) is 24.3 Å². The van der Waals surface area contributed by atoms with E-state index in [0.717, 1.165) is 31.1 Å². The van der Waals surface area contributed by atoms with Crippen LogP contribution >= 0.6 is 11.6 Å². The Morgan fingerprint density at radius 1 is 1.36 bits per heavy atom. The predicted molar refractivity (Wildman–Crippen MR) is 59.8 cm³/mol. The van der Waals surface area contributed by atoms with E-state index in [1.165, 1.54) is 5.56 Å². The van der Waals surface area contributed by atoms with E-state index < -0.39 is 0 Å². The molecule has 3 heteroatoms. The molecule has 2 rings (SSSR count). The Hall–Kier alpha value is -1.02. The molecule has 0 atom stereocenters. The summed E-state index contributed by atoms with van der Waals surface area (Å²) in [6.45, 7) is 2.90. The molecule has 0 radical (unpaired) electrons. The molecule has 74 valence electrons. The molecule has 1 aliphatic heterocycles. The molecule has 0 aliphatic carbocycles. The normalized spacial score (nSPS) is 15.9. The molecule has 1 aliphatic rings. The maximum atomic E-state index is 6.07. The molecule has 1 aromatic rings. The minimum absolute atomic E-state index is 0.839. The molecule has 1 heterocycles. The molecule has 0 fully saturated rings. The molecule has 0 saturated heterocycles. The van der Waals surface area contributed by atoms with E-state index in [4.69, 9.17) is 11.6 Å². The van der Waals surface area contributed by atoms with Gasteiger partial charge in [0.1, 0.15) is 0 Å². The summed E-state index contributed by atoms with van der Waals surface area (Å²) in [4.78, 5) is 6.44. The van der Waals surface area contributed by atoms with E-state index in [1.54, 1.807) is 0 Å². The van der Waals surface area contributed by atoms with Crippen LogP contribution < -0.4 is 0 Å². The van der Waals surface area contributed by atoms with E-state index in [-0.39, 0.29) is 0 Å². The van der Waals surface area contributed by atoms with Crippen molar-refractivity contribution in [1.82, 2.24) is 4.90 Å². The monoisotopic (exact) mass is 208 g/mol. The molecule has 0 unspecified atom stereocenters. The van der Waals surface area contributed by atoms with Crippen molar-refractivity contribution in [1.29, 1.82) is 0 Å². The highest BCUT2D eigenvalue weighted by Crippen LogP contribution is 2.17. The summed E-state index contributed by atoms with van der Waals surface area (Å²) in [7, 11) is 0. The summed E-state index contributed by atoms with van der Waals surface area (Å²) in [5.41, 5.74) is 1.17. The lowest BCUT2D eigenvalue weighted by molar-refractivity contribution is 0.401. The van der Waals surface area contributed by atoms with E-state index in [2.05, 4.69) is 16.0 Å². The zero-order chi connectivity index (χ0) is 9.80. The van der Waals surface area contributed by atoms with Gasteiger partial charge in [0.15, 0.2) is 0 Å². The van der Waals surface area contributed by atoms with Crippen LogP contribution in [0.5, 0.6) is 0 Å². The smallest absolute Gasteiger partial charge is 0.0852 e. The lowest BCUT2D eigenvalue weighted by Gasteiger charge is -2.22. The van der Waals surface area contributed by atoms with Gasteiger partial charge in [-0.1, -0.05) is 29.8 Å². The summed E-state index contributed by atoms with van der Waals surface area (Å²) in [6.07, 6.45) is 3.06. The minimum atomic E-state index is 0.839. The number of halogens is 1. The fourth-order valence-corrected chi connectivity index (χ4v) is 1.76. The van der Waals surface area contributed by atoms with Crippen molar-refractivity contribution in [3.8, 4) is 0 Å². The summed E-state index contributed by atoms with van der Waals surface area (Å²) in [5.74, 6) is 0. The fourth-order valence-electron chi connectivity index (χ4n) is 1.56. The minimum Gasteiger partial charge on any atom is -0.359 e. The Morgan fingerprint density at radius 3 is 2.93 bits per heavy atom. The summed E-state index contributed by atoms with van der Waals surface area (Å²) in [6, 6.07) is 7.96. The van der Waals surface area contributed by atoms with Crippen LogP contribution in [0, 0.1) is 0 Å². The Labute approximate surface area is 89.2 Å². The van der Waals surface area contributed by atoms with Gasteiger partial charge in [-0.3, -0.25) is 4.99 Å². The molecular formula is C11H13ClN2. The number of hydrogen-bond acceptors (Lipinski definition) is 2. The van der Waals surface area contributed by atoms with Crippen LogP contribution in [0.25, 0.3) is 0 Å². The SMILES string of the molecule is Clc1ccccc1CN1C=NCCC1. The van der Waals surface area contributed by atoms with Crippen molar-refractivity contribution >= 4 is 17.9 Å². The Bertz CT molecular complexity index is 336. The van der Waals surface area contributed by atoms with Gasteiger partial charge in [0.25, 0.3) is 0 Å². The van der Waals surface area contributed by atoms with Crippen LogP contribution in [0.4, 0.5) is 0 Å². The van der Waals surface area contributed by atoms with E-state index in [9.17, 15) is 0 Å². The van der Waals surface area contributed by atoms with Gasteiger partial charge in [-0.2, -0.15) is 0 Å². The fraction of sp³-hybridized carbons (Fsp3) is 0.364. The van der Waals surface area contributed by atoms with Gasteiger partial charge in [0.2, 0.25) is 0 Å². The first-order valence-corrected chi connectivity index (χ1v) is 5.21. The van der Waals surface area contributed by atoms with Crippen molar-refractivity contribution < 1.29 is 0 Å². The standard InChI is InChI=1S/C11H13ClN2/c12-11-5-2-1-4-10(11)8-14-7-3-6-13-9-14/h1-2,4-5,9H,3,6-8H2. The number of aliphatic imine (C=N–C) groups is 1. The molecule has 0 N–H and O–H groups in total. The van der Waals surface area contributed by atoms with Gasteiger partial charge in [-0.15, -0.1) is 0 Å². The second-order valence-corrected chi connectivity index (χ2v) is 3.84. The predicted octanol–water partition coefficient (Wildman–Crippen LogP) is 2.57. The highest BCUT2D eigenvalue weighted by atomic mass is 35.5. The van der Waals surface area contributed by atoms with Gasteiger partial charge in [-0.05, 0) is 18.1 Å². The number of hydrogen-bond donors (Lipinski definition) is 0. The first-order chi connectivity index (χ1) is 6.86. The van der Waals surface area contributed by atoms with Crippen molar-refractivity contribution in [2.45, 2.75) is 13.0 Å². The van der Waals surface area contributed by atoms with Crippen molar-refractivity contribution in [2.75, 3.05) is 13.1 Å². The third-order valence-electron chi connectivity index (χ3n) is 2.31. The Kier molecular flexibility index (Phi) is 3.04. The van der Waals surface area contributed by atoms with E-state index in [0.29, 0.717) is 0 Å². The third-order valence-corrected chi connectivity index (χ3v) is 2.68. The van der Waals surface area contributed by atoms with Crippen molar-refractivity contribution in [3.63, 3.8) is 0 Å². The first-order valence-electron chi connectivity index (χ1n) is 4.83. The van der Waals surface area contributed by atoms with Crippen molar-refractivity contribution in [3.05, 3.63) is 34.9 Å². The second-order valence-electron chi connectivity index (χ2n) is 3.44. The lowest BCUT2D eigenvalue weighted by atomic mass is 10.2. The topological polar surface area (TPSA) is 15.6 Å². The van der Waals surface area contributed by atoms with Gasteiger partial charge in [0, 0.05) is 24.7 Å². The number of benzene rings is 1. The molecule has 0 bridgehead atoms. The van der Waals surface area contributed by atoms with Crippen LogP contribution in [0.15, 0.2) is 29.3 Å². The summed E-state index contributed by atoms with van der Waals surface area (Å²) >= 11 is 6.07. The molecule has 1 aromatic carbocycles. The summed E-state index contributed by atoms with van der Waals surface area (Å²) in [5, 5.41) is 0.839. The maximum Gasteiger partial charge on any atom is 0.0852 e. The molecule has 0 amide bonds. The Balaban J connectivity index is 2.06. The first kappa shape index (κ1) is 9.53. The van der Waals surface area contributed by atoms with Crippen LogP contribution in [0.2, 0.25) is 5.02 Å². The maximum absolute atomic E-state index is 6.07. The van der Waals surface area contributed by atoms with Crippen LogP contribution in [0.3, 0.4) is 0 Å². The van der Waals surface area contributed by atoms with Crippen LogP contribution in [-0.2, 0) is 6.54 Å². The van der Waals surface area contributed by atoms with E-state index >= 15 is 0 Å². The molecule has 0 saturated carbocycles. The molecule has 0 spiro atoms. The third kappa shape index (κ3) is 2.26. The second kappa shape index (κ2) is 4.47. The van der Waals surface area contributed by atoms with Gasteiger partial charge < -0.3 is 4.90 Å². The quantitative estimate of drug-likeness (QED) is 0.730. The zero-order valence-electron chi connectivity index (χ0n) is 7.99. The van der Waals surface area contributed by atoms with Gasteiger partial charge in [0.05, 0.1) is 6.34 Å². The average molecular weight is 209 g/mol. The van der Waals surface area contributed by atoms with Gasteiger partial charge in [-0.25, -0.2) is 0 Å².